The normalized spacial score (nSPS) is 17.9. The highest BCUT2D eigenvalue weighted by atomic mass is 16.4. The van der Waals surface area contributed by atoms with E-state index in [4.69, 9.17) is 21.7 Å². The van der Waals surface area contributed by atoms with Crippen LogP contribution in [0.1, 0.15) is 46.0 Å². The fourth-order valence-corrected chi connectivity index (χ4v) is 3.67. The molecule has 0 radical (unpaired) electrons. The van der Waals surface area contributed by atoms with Crippen molar-refractivity contribution in [2.45, 2.75) is 70.1 Å². The molecule has 1 fully saturated rings. The largest absolute Gasteiger partial charge is 0.480 e. The highest BCUT2D eigenvalue weighted by molar-refractivity contribution is 5.95. The molecular formula is C21H36N6O8. The summed E-state index contributed by atoms with van der Waals surface area (Å²) in [5, 5.41) is 25.1. The molecule has 0 aromatic heterocycles. The van der Waals surface area contributed by atoms with Crippen LogP contribution in [-0.4, -0.2) is 94.5 Å². The zero-order valence-electron chi connectivity index (χ0n) is 20.0. The van der Waals surface area contributed by atoms with E-state index in [0.29, 0.717) is 12.8 Å². The number of nitrogens with zero attached hydrogens (tertiary/aromatic N) is 1. The predicted molar refractivity (Wildman–Crippen MR) is 122 cm³/mol. The average molecular weight is 501 g/mol. The first kappa shape index (κ1) is 29.8. The summed E-state index contributed by atoms with van der Waals surface area (Å²) in [6.45, 7) is 2.61. The second-order valence-corrected chi connectivity index (χ2v) is 8.85. The van der Waals surface area contributed by atoms with Crippen molar-refractivity contribution in [2.24, 2.45) is 17.4 Å². The van der Waals surface area contributed by atoms with Crippen LogP contribution in [0, 0.1) is 5.92 Å². The van der Waals surface area contributed by atoms with E-state index in [1.807, 2.05) is 13.8 Å². The van der Waals surface area contributed by atoms with Crippen LogP contribution in [0.2, 0.25) is 0 Å². The van der Waals surface area contributed by atoms with Crippen molar-refractivity contribution in [1.82, 2.24) is 20.9 Å². The van der Waals surface area contributed by atoms with Gasteiger partial charge in [0.15, 0.2) is 0 Å². The van der Waals surface area contributed by atoms with Crippen LogP contribution >= 0.6 is 0 Å². The third-order valence-corrected chi connectivity index (χ3v) is 5.42. The van der Waals surface area contributed by atoms with Crippen LogP contribution in [0.4, 0.5) is 0 Å². The van der Waals surface area contributed by atoms with Gasteiger partial charge in [-0.1, -0.05) is 13.8 Å². The number of rotatable bonds is 14. The van der Waals surface area contributed by atoms with E-state index in [2.05, 4.69) is 16.0 Å². The van der Waals surface area contributed by atoms with Crippen LogP contribution in [0.5, 0.6) is 0 Å². The van der Waals surface area contributed by atoms with Crippen LogP contribution in [-0.2, 0) is 28.8 Å². The van der Waals surface area contributed by atoms with Crippen LogP contribution in [0.3, 0.4) is 0 Å². The number of nitrogens with one attached hydrogen (secondary N) is 3. The highest BCUT2D eigenvalue weighted by Gasteiger charge is 2.39. The molecule has 198 valence electrons. The summed E-state index contributed by atoms with van der Waals surface area (Å²) in [5.41, 5.74) is 10.7. The van der Waals surface area contributed by atoms with Gasteiger partial charge in [0.1, 0.15) is 30.7 Å². The lowest BCUT2D eigenvalue weighted by atomic mass is 10.0. The molecule has 0 saturated carbocycles. The third kappa shape index (κ3) is 9.86. The van der Waals surface area contributed by atoms with Crippen molar-refractivity contribution in [3.05, 3.63) is 0 Å². The maximum absolute atomic E-state index is 13.2. The molecule has 5 amide bonds. The third-order valence-electron chi connectivity index (χ3n) is 5.42. The summed E-state index contributed by atoms with van der Waals surface area (Å²) in [5.74, 6) is -4.61. The minimum Gasteiger partial charge on any atom is -0.480 e. The van der Waals surface area contributed by atoms with Crippen molar-refractivity contribution >= 4 is 35.5 Å². The smallest absolute Gasteiger partial charge is 0.322 e. The molecule has 0 bridgehead atoms. The zero-order chi connectivity index (χ0) is 26.7. The number of aliphatic hydroxyl groups is 1. The van der Waals surface area contributed by atoms with Crippen molar-refractivity contribution in [3.63, 3.8) is 0 Å². The quantitative estimate of drug-likeness (QED) is 0.127. The number of carbonyl (C=O) groups excluding carboxylic acids is 5. The maximum atomic E-state index is 13.2. The lowest BCUT2D eigenvalue weighted by Crippen LogP contribution is -2.58. The molecule has 1 aliphatic heterocycles. The average Bonchev–Trinajstić information content (AvgIpc) is 3.28. The number of nitrogens with two attached hydrogens (primary N) is 2. The predicted octanol–water partition coefficient (Wildman–Crippen LogP) is -3.22. The van der Waals surface area contributed by atoms with Crippen LogP contribution in [0.25, 0.3) is 0 Å². The SMILES string of the molecule is CC(C)C[C@H](NC(=O)[C@@H]1CCCN1C(=O)[C@H](CCC(N)=O)NC(=O)[C@@H](N)CO)C(=O)NCC(=O)O. The molecule has 14 nitrogen and oxygen atoms in total. The molecule has 4 atom stereocenters. The Morgan fingerprint density at radius 1 is 1.06 bits per heavy atom. The van der Waals surface area contributed by atoms with Gasteiger partial charge in [0.25, 0.3) is 0 Å². The molecule has 0 unspecified atom stereocenters. The van der Waals surface area contributed by atoms with Gasteiger partial charge in [-0.3, -0.25) is 28.8 Å². The Balaban J connectivity index is 3.00. The summed E-state index contributed by atoms with van der Waals surface area (Å²) in [6, 6.07) is -4.43. The van der Waals surface area contributed by atoms with Crippen molar-refractivity contribution < 1.29 is 39.0 Å². The minimum atomic E-state index is -1.28. The lowest BCUT2D eigenvalue weighted by Gasteiger charge is -2.30. The second kappa shape index (κ2) is 14.2. The van der Waals surface area contributed by atoms with Crippen molar-refractivity contribution in [3.8, 4) is 0 Å². The summed E-state index contributed by atoms with van der Waals surface area (Å²) in [6.07, 6.45) is 0.687. The monoisotopic (exact) mass is 500 g/mol. The molecule has 1 saturated heterocycles. The highest BCUT2D eigenvalue weighted by Crippen LogP contribution is 2.20. The van der Waals surface area contributed by atoms with E-state index in [9.17, 15) is 28.8 Å². The summed E-state index contributed by atoms with van der Waals surface area (Å²) < 4.78 is 0. The number of amides is 5. The van der Waals surface area contributed by atoms with Crippen LogP contribution in [0.15, 0.2) is 0 Å². The Bertz CT molecular complexity index is 805. The van der Waals surface area contributed by atoms with Gasteiger partial charge in [-0.15, -0.1) is 0 Å². The van der Waals surface area contributed by atoms with Crippen molar-refractivity contribution in [1.29, 1.82) is 0 Å². The summed E-state index contributed by atoms with van der Waals surface area (Å²) >= 11 is 0. The van der Waals surface area contributed by atoms with Gasteiger partial charge in [0.05, 0.1) is 6.61 Å². The van der Waals surface area contributed by atoms with Gasteiger partial charge >= 0.3 is 5.97 Å². The summed E-state index contributed by atoms with van der Waals surface area (Å²) in [7, 11) is 0. The molecule has 14 heteroatoms. The van der Waals surface area contributed by atoms with Gasteiger partial charge in [-0.2, -0.15) is 0 Å². The number of hydrogen-bond donors (Lipinski definition) is 7. The zero-order valence-corrected chi connectivity index (χ0v) is 20.0. The molecule has 1 rings (SSSR count). The van der Waals surface area contributed by atoms with Gasteiger partial charge in [-0.25, -0.2) is 0 Å². The number of carbonyl (C=O) groups is 6. The molecule has 0 aromatic rings. The first-order valence-electron chi connectivity index (χ1n) is 11.4. The standard InChI is InChI=1S/C21H36N6O8/c1-11(2)8-14(19(33)24-9-17(30)31)26-20(34)15-4-3-7-27(15)21(35)13(5-6-16(23)29)25-18(32)12(22)10-28/h11-15,28H,3-10,22H2,1-2H3,(H2,23,29)(H,24,33)(H,25,32)(H,26,34)(H,30,31)/t12-,13-,14-,15-/m0/s1. The number of primary amides is 1. The van der Waals surface area contributed by atoms with Gasteiger partial charge in [0, 0.05) is 13.0 Å². The number of carboxylic acid groups (broad SMARTS) is 1. The number of likely N-dealkylation sites (tertiary alicyclic amines) is 1. The van der Waals surface area contributed by atoms with Crippen molar-refractivity contribution in [2.75, 3.05) is 19.7 Å². The fourth-order valence-electron chi connectivity index (χ4n) is 3.67. The van der Waals surface area contributed by atoms with Gasteiger partial charge in [-0.05, 0) is 31.6 Å². The Hall–Kier alpha value is -3.26. The lowest BCUT2D eigenvalue weighted by molar-refractivity contribution is -0.143. The maximum Gasteiger partial charge on any atom is 0.322 e. The number of hydrogen-bond acceptors (Lipinski definition) is 8. The van der Waals surface area contributed by atoms with Gasteiger partial charge in [0.2, 0.25) is 29.5 Å². The Morgan fingerprint density at radius 3 is 2.26 bits per heavy atom. The first-order valence-corrected chi connectivity index (χ1v) is 11.4. The van der Waals surface area contributed by atoms with E-state index in [1.54, 1.807) is 0 Å². The number of aliphatic carboxylic acids is 1. The van der Waals surface area contributed by atoms with E-state index in [0.717, 1.165) is 0 Å². The number of aliphatic hydroxyl groups excluding tert-OH is 1. The molecular weight excluding hydrogens is 464 g/mol. The first-order chi connectivity index (χ1) is 16.4. The van der Waals surface area contributed by atoms with Crippen LogP contribution < -0.4 is 27.4 Å². The van der Waals surface area contributed by atoms with E-state index in [1.165, 1.54) is 4.90 Å². The number of carboxylic acids is 1. The van der Waals surface area contributed by atoms with E-state index >= 15 is 0 Å². The minimum absolute atomic E-state index is 0.00122. The Kier molecular flexibility index (Phi) is 12.1. The Labute approximate surface area is 203 Å². The van der Waals surface area contributed by atoms with Gasteiger partial charge < -0.3 is 42.5 Å². The Morgan fingerprint density at radius 2 is 1.71 bits per heavy atom. The topological polar surface area (TPSA) is 234 Å². The molecule has 1 heterocycles. The molecule has 0 aromatic carbocycles. The molecule has 9 N–H and O–H groups in total. The second-order valence-electron chi connectivity index (χ2n) is 8.85. The van der Waals surface area contributed by atoms with E-state index < -0.39 is 72.8 Å². The van der Waals surface area contributed by atoms with E-state index in [-0.39, 0.29) is 31.7 Å². The summed E-state index contributed by atoms with van der Waals surface area (Å²) in [4.78, 5) is 74.1. The molecule has 0 aliphatic carbocycles. The fraction of sp³-hybridized carbons (Fsp3) is 0.714. The molecule has 35 heavy (non-hydrogen) atoms. The molecule has 1 aliphatic rings. The molecule has 0 spiro atoms.